The molecule has 0 spiro atoms. The van der Waals surface area contributed by atoms with Gasteiger partial charge in [-0.1, -0.05) is 18.2 Å². The zero-order chi connectivity index (χ0) is 17.9. The van der Waals surface area contributed by atoms with Crippen LogP contribution in [0.1, 0.15) is 18.5 Å². The first-order chi connectivity index (χ1) is 12.7. The normalized spacial score (nSPS) is 12.0. The third-order valence-electron chi connectivity index (χ3n) is 4.06. The number of urea groups is 1. The van der Waals surface area contributed by atoms with Crippen LogP contribution < -0.4 is 10.6 Å². The molecule has 0 aliphatic carbocycles. The molecule has 1 aromatic carbocycles. The maximum absolute atomic E-state index is 12.3. The molecule has 0 aliphatic heterocycles. The third kappa shape index (κ3) is 3.12. The van der Waals surface area contributed by atoms with Crippen molar-refractivity contribution < 1.29 is 4.79 Å². The van der Waals surface area contributed by atoms with Crippen LogP contribution in [-0.2, 0) is 0 Å². The number of anilines is 1. The number of nitrogens with zero attached hydrogens (tertiary/aromatic N) is 5. The van der Waals surface area contributed by atoms with Gasteiger partial charge in [0.1, 0.15) is 0 Å². The van der Waals surface area contributed by atoms with Crippen molar-refractivity contribution in [3.63, 3.8) is 0 Å². The lowest BCUT2D eigenvalue weighted by Crippen LogP contribution is -2.31. The predicted octanol–water partition coefficient (Wildman–Crippen LogP) is 2.80. The first-order valence-corrected chi connectivity index (χ1v) is 8.16. The van der Waals surface area contributed by atoms with Gasteiger partial charge in [-0.05, 0) is 36.8 Å². The standard InChI is InChI=1S/C18H17N7O/c1-13(14-5-4-6-15(11-14)24-10-8-19-12-24)20-18(26)21-17-23-22-16-7-2-3-9-25(16)17/h2-13H,1H3,(H2,20,21,23,26)/t13-/m0/s1. The van der Waals surface area contributed by atoms with Gasteiger partial charge in [-0.2, -0.15) is 0 Å². The van der Waals surface area contributed by atoms with Crippen molar-refractivity contribution in [2.45, 2.75) is 13.0 Å². The number of carbonyl (C=O) groups excluding carboxylic acids is 1. The number of fused-ring (bicyclic) bond motifs is 1. The van der Waals surface area contributed by atoms with Gasteiger partial charge in [-0.3, -0.25) is 9.72 Å². The summed E-state index contributed by atoms with van der Waals surface area (Å²) in [6.45, 7) is 1.93. The summed E-state index contributed by atoms with van der Waals surface area (Å²) in [5.41, 5.74) is 2.64. The van der Waals surface area contributed by atoms with E-state index in [9.17, 15) is 4.79 Å². The van der Waals surface area contributed by atoms with Crippen LogP contribution in [0, 0.1) is 0 Å². The number of carbonyl (C=O) groups is 1. The van der Waals surface area contributed by atoms with Gasteiger partial charge in [-0.15, -0.1) is 10.2 Å². The van der Waals surface area contributed by atoms with E-state index in [0.29, 0.717) is 11.6 Å². The Morgan fingerprint density at radius 1 is 1.12 bits per heavy atom. The Morgan fingerprint density at radius 3 is 2.88 bits per heavy atom. The topological polar surface area (TPSA) is 89.1 Å². The zero-order valence-corrected chi connectivity index (χ0v) is 14.1. The smallest absolute Gasteiger partial charge is 0.322 e. The summed E-state index contributed by atoms with van der Waals surface area (Å²) >= 11 is 0. The Bertz CT molecular complexity index is 1040. The van der Waals surface area contributed by atoms with E-state index < -0.39 is 0 Å². The van der Waals surface area contributed by atoms with E-state index in [4.69, 9.17) is 0 Å². The molecule has 26 heavy (non-hydrogen) atoms. The summed E-state index contributed by atoms with van der Waals surface area (Å²) < 4.78 is 3.63. The minimum Gasteiger partial charge on any atom is -0.331 e. The minimum absolute atomic E-state index is 0.183. The number of rotatable bonds is 4. The maximum Gasteiger partial charge on any atom is 0.322 e. The molecule has 8 nitrogen and oxygen atoms in total. The van der Waals surface area contributed by atoms with Crippen molar-refractivity contribution >= 4 is 17.6 Å². The van der Waals surface area contributed by atoms with Gasteiger partial charge in [-0.25, -0.2) is 9.78 Å². The zero-order valence-electron chi connectivity index (χ0n) is 14.1. The summed E-state index contributed by atoms with van der Waals surface area (Å²) in [5, 5.41) is 13.7. The Labute approximate surface area is 149 Å². The van der Waals surface area contributed by atoms with E-state index in [1.165, 1.54) is 0 Å². The SMILES string of the molecule is C[C@H](NC(=O)Nc1nnc2ccccn12)c1cccc(-n2ccnc2)c1. The minimum atomic E-state index is -0.344. The number of hydrogen-bond acceptors (Lipinski definition) is 4. The molecule has 0 bridgehead atoms. The maximum atomic E-state index is 12.3. The van der Waals surface area contributed by atoms with Crippen molar-refractivity contribution in [3.05, 3.63) is 72.9 Å². The van der Waals surface area contributed by atoms with E-state index in [1.807, 2.05) is 60.2 Å². The molecule has 4 aromatic rings. The quantitative estimate of drug-likeness (QED) is 0.594. The number of imidazole rings is 1. The fourth-order valence-corrected chi connectivity index (χ4v) is 2.71. The van der Waals surface area contributed by atoms with Crippen LogP contribution in [0.5, 0.6) is 0 Å². The highest BCUT2D eigenvalue weighted by Gasteiger charge is 2.13. The Hall–Kier alpha value is -3.68. The van der Waals surface area contributed by atoms with Crippen LogP contribution in [0.4, 0.5) is 10.7 Å². The fraction of sp³-hybridized carbons (Fsp3) is 0.111. The van der Waals surface area contributed by atoms with Crippen LogP contribution in [0.2, 0.25) is 0 Å². The molecular weight excluding hydrogens is 330 g/mol. The first-order valence-electron chi connectivity index (χ1n) is 8.16. The number of aromatic nitrogens is 5. The number of amides is 2. The molecule has 0 saturated heterocycles. The lowest BCUT2D eigenvalue weighted by molar-refractivity contribution is 0.249. The molecule has 130 valence electrons. The Morgan fingerprint density at radius 2 is 2.04 bits per heavy atom. The van der Waals surface area contributed by atoms with Crippen molar-refractivity contribution in [3.8, 4) is 5.69 Å². The molecule has 3 aromatic heterocycles. The molecule has 4 rings (SSSR count). The van der Waals surface area contributed by atoms with Crippen molar-refractivity contribution in [1.29, 1.82) is 0 Å². The van der Waals surface area contributed by atoms with Crippen LogP contribution in [0.3, 0.4) is 0 Å². The average Bonchev–Trinajstić information content (AvgIpc) is 3.32. The van der Waals surface area contributed by atoms with Gasteiger partial charge < -0.3 is 9.88 Å². The number of hydrogen-bond donors (Lipinski definition) is 2. The monoisotopic (exact) mass is 347 g/mol. The molecule has 3 heterocycles. The predicted molar refractivity (Wildman–Crippen MR) is 97.1 cm³/mol. The van der Waals surface area contributed by atoms with Crippen molar-refractivity contribution in [2.75, 3.05) is 5.32 Å². The lowest BCUT2D eigenvalue weighted by Gasteiger charge is -2.15. The first kappa shape index (κ1) is 15.8. The van der Waals surface area contributed by atoms with E-state index in [2.05, 4.69) is 25.8 Å². The second-order valence-corrected chi connectivity index (χ2v) is 5.84. The largest absolute Gasteiger partial charge is 0.331 e. The van der Waals surface area contributed by atoms with Gasteiger partial charge in [0.25, 0.3) is 0 Å². The number of benzene rings is 1. The van der Waals surface area contributed by atoms with Crippen LogP contribution >= 0.6 is 0 Å². The summed E-state index contributed by atoms with van der Waals surface area (Å²) in [5.74, 6) is 0.373. The average molecular weight is 347 g/mol. The second kappa shape index (κ2) is 6.67. The highest BCUT2D eigenvalue weighted by molar-refractivity contribution is 5.88. The van der Waals surface area contributed by atoms with Gasteiger partial charge >= 0.3 is 6.03 Å². The van der Waals surface area contributed by atoms with E-state index in [1.54, 1.807) is 23.1 Å². The second-order valence-electron chi connectivity index (χ2n) is 5.84. The molecule has 2 N–H and O–H groups in total. The van der Waals surface area contributed by atoms with Gasteiger partial charge in [0, 0.05) is 24.3 Å². The van der Waals surface area contributed by atoms with Gasteiger partial charge in [0.15, 0.2) is 5.65 Å². The van der Waals surface area contributed by atoms with E-state index in [0.717, 1.165) is 11.3 Å². The fourth-order valence-electron chi connectivity index (χ4n) is 2.71. The molecular formula is C18H17N7O. The molecule has 0 aliphatic rings. The van der Waals surface area contributed by atoms with E-state index in [-0.39, 0.29) is 12.1 Å². The molecule has 0 unspecified atom stereocenters. The molecule has 2 amide bonds. The highest BCUT2D eigenvalue weighted by Crippen LogP contribution is 2.17. The van der Waals surface area contributed by atoms with Gasteiger partial charge in [0.2, 0.25) is 5.95 Å². The molecule has 0 radical (unpaired) electrons. The van der Waals surface area contributed by atoms with Gasteiger partial charge in [0.05, 0.1) is 12.4 Å². The summed E-state index contributed by atoms with van der Waals surface area (Å²) in [6, 6.07) is 12.9. The summed E-state index contributed by atoms with van der Waals surface area (Å²) in [4.78, 5) is 16.4. The van der Waals surface area contributed by atoms with Crippen LogP contribution in [-0.4, -0.2) is 30.2 Å². The Kier molecular flexibility index (Phi) is 4.06. The van der Waals surface area contributed by atoms with Crippen LogP contribution in [0.25, 0.3) is 11.3 Å². The summed E-state index contributed by atoms with van der Waals surface area (Å²) in [6.07, 6.45) is 7.13. The van der Waals surface area contributed by atoms with E-state index >= 15 is 0 Å². The van der Waals surface area contributed by atoms with Crippen LogP contribution in [0.15, 0.2) is 67.4 Å². The Balaban J connectivity index is 1.47. The third-order valence-corrected chi connectivity index (χ3v) is 4.06. The van der Waals surface area contributed by atoms with Crippen molar-refractivity contribution in [2.24, 2.45) is 0 Å². The number of pyridine rings is 1. The lowest BCUT2D eigenvalue weighted by atomic mass is 10.1. The van der Waals surface area contributed by atoms with Crippen molar-refractivity contribution in [1.82, 2.24) is 29.5 Å². The number of nitrogens with one attached hydrogen (secondary N) is 2. The molecule has 0 fully saturated rings. The molecule has 8 heteroatoms. The summed E-state index contributed by atoms with van der Waals surface area (Å²) in [7, 11) is 0. The molecule has 1 atom stereocenters. The molecule has 0 saturated carbocycles. The highest BCUT2D eigenvalue weighted by atomic mass is 16.2.